The molecule has 0 spiro atoms. The molecule has 0 aliphatic rings. The van der Waals surface area contributed by atoms with E-state index in [1.807, 2.05) is 13.0 Å². The first-order chi connectivity index (χ1) is 10.1. The lowest BCUT2D eigenvalue weighted by molar-refractivity contribution is 0.438. The van der Waals surface area contributed by atoms with Crippen molar-refractivity contribution >= 4 is 17.5 Å². The van der Waals surface area contributed by atoms with Gasteiger partial charge in [-0.1, -0.05) is 17.7 Å². The maximum atomic E-state index is 6.08. The van der Waals surface area contributed by atoms with Crippen LogP contribution in [0.15, 0.2) is 36.7 Å². The number of anilines is 1. The van der Waals surface area contributed by atoms with Gasteiger partial charge in [0.15, 0.2) is 0 Å². The van der Waals surface area contributed by atoms with Crippen molar-refractivity contribution in [2.45, 2.75) is 6.92 Å². The average Bonchev–Trinajstić information content (AvgIpc) is 2.96. The molecule has 8 heteroatoms. The van der Waals surface area contributed by atoms with Gasteiger partial charge in [-0.15, -0.1) is 0 Å². The molecular weight excluding hydrogens is 292 g/mol. The zero-order valence-electron chi connectivity index (χ0n) is 11.1. The molecule has 0 aliphatic carbocycles. The Balaban J connectivity index is 1.97. The fourth-order valence-electron chi connectivity index (χ4n) is 1.68. The van der Waals surface area contributed by atoms with Crippen LogP contribution in [-0.4, -0.2) is 24.7 Å². The number of aryl methyl sites for hydroxylation is 1. The van der Waals surface area contributed by atoms with Crippen LogP contribution < -0.4 is 10.5 Å². The lowest BCUT2D eigenvalue weighted by atomic mass is 10.2. The van der Waals surface area contributed by atoms with Crippen LogP contribution in [0, 0.1) is 6.92 Å². The first-order valence-corrected chi connectivity index (χ1v) is 6.45. The van der Waals surface area contributed by atoms with Gasteiger partial charge in [0.25, 0.3) is 5.95 Å². The van der Waals surface area contributed by atoms with Gasteiger partial charge in [0, 0.05) is 12.4 Å². The summed E-state index contributed by atoms with van der Waals surface area (Å²) in [7, 11) is 0. The van der Waals surface area contributed by atoms with Crippen molar-refractivity contribution in [3.63, 3.8) is 0 Å². The summed E-state index contributed by atoms with van der Waals surface area (Å²) in [5, 5.41) is 4.49. The second-order valence-electron chi connectivity index (χ2n) is 4.26. The molecule has 0 amide bonds. The van der Waals surface area contributed by atoms with Crippen LogP contribution in [0.3, 0.4) is 0 Å². The molecule has 0 radical (unpaired) electrons. The zero-order valence-corrected chi connectivity index (χ0v) is 11.8. The minimum Gasteiger partial charge on any atom is -0.423 e. The van der Waals surface area contributed by atoms with Gasteiger partial charge in [-0.2, -0.15) is 20.1 Å². The standard InChI is InChI=1S/C13H11ClN6O/c1-8-3-4-9(14)10(7-8)21-13-18-11(15)17-12(19-13)20-6-2-5-16-20/h2-7H,1H3,(H2,15,17,18,19). The number of aromatic nitrogens is 5. The number of hydrogen-bond acceptors (Lipinski definition) is 6. The largest absolute Gasteiger partial charge is 0.423 e. The molecule has 0 aliphatic heterocycles. The third-order valence-electron chi connectivity index (χ3n) is 2.62. The second-order valence-corrected chi connectivity index (χ2v) is 4.67. The summed E-state index contributed by atoms with van der Waals surface area (Å²) in [5.74, 6) is 0.759. The molecule has 106 valence electrons. The highest BCUT2D eigenvalue weighted by molar-refractivity contribution is 6.32. The third-order valence-corrected chi connectivity index (χ3v) is 2.93. The van der Waals surface area contributed by atoms with Crippen molar-refractivity contribution in [1.82, 2.24) is 24.7 Å². The van der Waals surface area contributed by atoms with Gasteiger partial charge in [0.1, 0.15) is 5.75 Å². The van der Waals surface area contributed by atoms with Gasteiger partial charge >= 0.3 is 6.01 Å². The van der Waals surface area contributed by atoms with Crippen molar-refractivity contribution in [3.05, 3.63) is 47.2 Å². The van der Waals surface area contributed by atoms with Crippen LogP contribution in [0.5, 0.6) is 11.8 Å². The Morgan fingerprint density at radius 3 is 2.86 bits per heavy atom. The summed E-state index contributed by atoms with van der Waals surface area (Å²) >= 11 is 6.08. The normalized spacial score (nSPS) is 10.6. The molecule has 0 saturated carbocycles. The van der Waals surface area contributed by atoms with E-state index in [9.17, 15) is 0 Å². The molecule has 3 aromatic rings. The monoisotopic (exact) mass is 302 g/mol. The quantitative estimate of drug-likeness (QED) is 0.798. The first-order valence-electron chi connectivity index (χ1n) is 6.07. The molecule has 3 rings (SSSR count). The second kappa shape index (κ2) is 5.37. The van der Waals surface area contributed by atoms with Crippen molar-refractivity contribution in [1.29, 1.82) is 0 Å². The summed E-state index contributed by atoms with van der Waals surface area (Å²) in [6.45, 7) is 1.93. The van der Waals surface area contributed by atoms with Crippen molar-refractivity contribution in [2.75, 3.05) is 5.73 Å². The lowest BCUT2D eigenvalue weighted by Gasteiger charge is -2.08. The molecule has 2 N–H and O–H groups in total. The van der Waals surface area contributed by atoms with Crippen molar-refractivity contribution in [2.24, 2.45) is 0 Å². The number of nitrogens with two attached hydrogens (primary N) is 1. The van der Waals surface area contributed by atoms with E-state index < -0.39 is 0 Å². The van der Waals surface area contributed by atoms with Gasteiger partial charge < -0.3 is 10.5 Å². The predicted molar refractivity (Wildman–Crippen MR) is 77.6 cm³/mol. The van der Waals surface area contributed by atoms with Gasteiger partial charge in [0.05, 0.1) is 5.02 Å². The number of hydrogen-bond donors (Lipinski definition) is 1. The van der Waals surface area contributed by atoms with Crippen LogP contribution in [0.1, 0.15) is 5.56 Å². The summed E-state index contributed by atoms with van der Waals surface area (Å²) in [6, 6.07) is 7.21. The van der Waals surface area contributed by atoms with E-state index in [1.54, 1.807) is 30.6 Å². The van der Waals surface area contributed by atoms with Gasteiger partial charge in [-0.05, 0) is 30.7 Å². The Bertz CT molecular complexity index is 774. The highest BCUT2D eigenvalue weighted by atomic mass is 35.5. The van der Waals surface area contributed by atoms with E-state index in [0.29, 0.717) is 10.8 Å². The maximum Gasteiger partial charge on any atom is 0.328 e. The first kappa shape index (κ1) is 13.3. The molecule has 0 bridgehead atoms. The number of halogens is 1. The minimum absolute atomic E-state index is 0.0364. The average molecular weight is 303 g/mol. The smallest absolute Gasteiger partial charge is 0.328 e. The topological polar surface area (TPSA) is 91.7 Å². The molecule has 2 heterocycles. The Kier molecular flexibility index (Phi) is 3.41. The van der Waals surface area contributed by atoms with Gasteiger partial charge in [-0.25, -0.2) is 4.68 Å². The van der Waals surface area contributed by atoms with Crippen LogP contribution >= 0.6 is 11.6 Å². The third kappa shape index (κ3) is 2.92. The predicted octanol–water partition coefficient (Wildman–Crippen LogP) is 2.39. The maximum absolute atomic E-state index is 6.08. The van der Waals surface area contributed by atoms with Crippen LogP contribution in [0.2, 0.25) is 5.02 Å². The van der Waals surface area contributed by atoms with Gasteiger partial charge in [-0.3, -0.25) is 0 Å². The number of ether oxygens (including phenoxy) is 1. The van der Waals surface area contributed by atoms with Crippen molar-refractivity contribution < 1.29 is 4.74 Å². The van der Waals surface area contributed by atoms with E-state index in [-0.39, 0.29) is 17.9 Å². The summed E-state index contributed by atoms with van der Waals surface area (Å²) in [4.78, 5) is 12.1. The van der Waals surface area contributed by atoms with E-state index >= 15 is 0 Å². The SMILES string of the molecule is Cc1ccc(Cl)c(Oc2nc(N)nc(-n3cccn3)n2)c1. The van der Waals surface area contributed by atoms with Crippen molar-refractivity contribution in [3.8, 4) is 17.7 Å². The Morgan fingerprint density at radius 2 is 2.10 bits per heavy atom. The van der Waals surface area contributed by atoms with E-state index in [1.165, 1.54) is 4.68 Å². The highest BCUT2D eigenvalue weighted by Gasteiger charge is 2.10. The number of nitrogen functional groups attached to an aromatic ring is 1. The lowest BCUT2D eigenvalue weighted by Crippen LogP contribution is -2.08. The Hall–Kier alpha value is -2.67. The van der Waals surface area contributed by atoms with Crippen LogP contribution in [-0.2, 0) is 0 Å². The number of benzene rings is 1. The minimum atomic E-state index is 0.0364. The number of rotatable bonds is 3. The van der Waals surface area contributed by atoms with E-state index in [4.69, 9.17) is 22.1 Å². The zero-order chi connectivity index (χ0) is 14.8. The Labute approximate surface area is 125 Å². The fourth-order valence-corrected chi connectivity index (χ4v) is 1.84. The highest BCUT2D eigenvalue weighted by Crippen LogP contribution is 2.28. The summed E-state index contributed by atoms with van der Waals surface area (Å²) < 4.78 is 7.06. The van der Waals surface area contributed by atoms with Gasteiger partial charge in [0.2, 0.25) is 5.95 Å². The molecular formula is C13H11ClN6O. The molecule has 2 aromatic heterocycles. The molecule has 0 fully saturated rings. The van der Waals surface area contributed by atoms with Crippen LogP contribution in [0.4, 0.5) is 5.95 Å². The molecule has 1 aromatic carbocycles. The molecule has 7 nitrogen and oxygen atoms in total. The summed E-state index contributed by atoms with van der Waals surface area (Å²) in [6.07, 6.45) is 3.30. The molecule has 0 atom stereocenters. The van der Waals surface area contributed by atoms with E-state index in [2.05, 4.69) is 20.1 Å². The molecule has 0 unspecified atom stereocenters. The Morgan fingerprint density at radius 1 is 1.24 bits per heavy atom. The fraction of sp³-hybridized carbons (Fsp3) is 0.0769. The van der Waals surface area contributed by atoms with E-state index in [0.717, 1.165) is 5.56 Å². The molecule has 0 saturated heterocycles. The summed E-state index contributed by atoms with van der Waals surface area (Å²) in [5.41, 5.74) is 6.67. The van der Waals surface area contributed by atoms with Crippen LogP contribution in [0.25, 0.3) is 5.95 Å². The number of nitrogens with zero attached hydrogens (tertiary/aromatic N) is 5. The molecule has 21 heavy (non-hydrogen) atoms.